The van der Waals surface area contributed by atoms with Gasteiger partial charge < -0.3 is 9.64 Å². The molecule has 4 nitrogen and oxygen atoms in total. The van der Waals surface area contributed by atoms with Gasteiger partial charge in [-0.05, 0) is 43.4 Å². The van der Waals surface area contributed by atoms with Crippen molar-refractivity contribution in [2.45, 2.75) is 24.3 Å². The van der Waals surface area contributed by atoms with E-state index < -0.39 is 12.1 Å². The predicted molar refractivity (Wildman–Crippen MR) is 95.6 cm³/mol. The number of thioether (sulfide) groups is 1. The minimum Gasteiger partial charge on any atom is -0.449 e. The SMILES string of the molecule is CSc1ccccc1C(=O)O[C@@H](C)C(=O)N1CCc2ccccc21. The number of ether oxygens (including phenoxy) is 1. The minimum atomic E-state index is -0.821. The van der Waals surface area contributed by atoms with Crippen LogP contribution in [0.2, 0.25) is 0 Å². The zero-order chi connectivity index (χ0) is 17.1. The Morgan fingerprint density at radius 1 is 1.12 bits per heavy atom. The van der Waals surface area contributed by atoms with Crippen LogP contribution in [-0.2, 0) is 16.0 Å². The molecule has 0 aliphatic carbocycles. The lowest BCUT2D eigenvalue weighted by Gasteiger charge is -2.22. The highest BCUT2D eigenvalue weighted by molar-refractivity contribution is 7.98. The van der Waals surface area contributed by atoms with Crippen LogP contribution in [0.4, 0.5) is 5.69 Å². The van der Waals surface area contributed by atoms with Gasteiger partial charge in [0.25, 0.3) is 5.91 Å². The van der Waals surface area contributed by atoms with Crippen LogP contribution in [0, 0.1) is 0 Å². The third kappa shape index (κ3) is 3.17. The van der Waals surface area contributed by atoms with E-state index >= 15 is 0 Å². The van der Waals surface area contributed by atoms with Gasteiger partial charge in [-0.25, -0.2) is 4.79 Å². The van der Waals surface area contributed by atoms with Crippen LogP contribution in [-0.4, -0.2) is 30.8 Å². The fourth-order valence-corrected chi connectivity index (χ4v) is 3.46. The van der Waals surface area contributed by atoms with Gasteiger partial charge in [0.1, 0.15) is 0 Å². The molecule has 2 aromatic rings. The molecule has 24 heavy (non-hydrogen) atoms. The summed E-state index contributed by atoms with van der Waals surface area (Å²) in [6.07, 6.45) is 1.92. The van der Waals surface area contributed by atoms with Crippen molar-refractivity contribution >= 4 is 29.3 Å². The predicted octanol–water partition coefficient (Wildman–Crippen LogP) is 3.54. The van der Waals surface area contributed by atoms with Crippen LogP contribution in [0.15, 0.2) is 53.4 Å². The molecule has 1 heterocycles. The number of anilines is 1. The Kier molecular flexibility index (Phi) is 4.90. The second-order valence-corrected chi connectivity index (χ2v) is 6.46. The standard InChI is InChI=1S/C19H19NO3S/c1-13(23-19(22)15-8-4-6-10-17(15)24-2)18(21)20-12-11-14-7-3-5-9-16(14)20/h3-10,13H,11-12H2,1-2H3/t13-/m0/s1. The van der Waals surface area contributed by atoms with Crippen molar-refractivity contribution in [1.29, 1.82) is 0 Å². The van der Waals surface area contributed by atoms with Crippen molar-refractivity contribution in [1.82, 2.24) is 0 Å². The smallest absolute Gasteiger partial charge is 0.340 e. The van der Waals surface area contributed by atoms with E-state index in [0.29, 0.717) is 12.1 Å². The summed E-state index contributed by atoms with van der Waals surface area (Å²) in [6, 6.07) is 15.1. The van der Waals surface area contributed by atoms with Gasteiger partial charge >= 0.3 is 5.97 Å². The molecular formula is C19H19NO3S. The van der Waals surface area contributed by atoms with Crippen LogP contribution in [0.5, 0.6) is 0 Å². The number of rotatable bonds is 4. The van der Waals surface area contributed by atoms with Crippen molar-refractivity contribution < 1.29 is 14.3 Å². The number of para-hydroxylation sites is 1. The zero-order valence-corrected chi connectivity index (χ0v) is 14.5. The molecule has 0 radical (unpaired) electrons. The first-order valence-corrected chi connectivity index (χ1v) is 9.07. The Hall–Kier alpha value is -2.27. The van der Waals surface area contributed by atoms with E-state index in [2.05, 4.69) is 0 Å². The monoisotopic (exact) mass is 341 g/mol. The van der Waals surface area contributed by atoms with Crippen molar-refractivity contribution in [3.63, 3.8) is 0 Å². The Morgan fingerprint density at radius 2 is 1.83 bits per heavy atom. The van der Waals surface area contributed by atoms with Crippen molar-refractivity contribution in [2.75, 3.05) is 17.7 Å². The molecule has 0 saturated heterocycles. The number of esters is 1. The van der Waals surface area contributed by atoms with Gasteiger partial charge in [0.05, 0.1) is 5.56 Å². The van der Waals surface area contributed by atoms with Gasteiger partial charge in [-0.2, -0.15) is 0 Å². The Balaban J connectivity index is 1.72. The fraction of sp³-hybridized carbons (Fsp3) is 0.263. The van der Waals surface area contributed by atoms with E-state index in [-0.39, 0.29) is 5.91 Å². The van der Waals surface area contributed by atoms with Crippen LogP contribution in [0.1, 0.15) is 22.8 Å². The molecule has 1 aliphatic rings. The van der Waals surface area contributed by atoms with E-state index in [4.69, 9.17) is 4.74 Å². The Bertz CT molecular complexity index is 775. The summed E-state index contributed by atoms with van der Waals surface area (Å²) in [5.41, 5.74) is 2.55. The number of nitrogens with zero attached hydrogens (tertiary/aromatic N) is 1. The first kappa shape index (κ1) is 16.6. The van der Waals surface area contributed by atoms with Gasteiger partial charge in [0.15, 0.2) is 6.10 Å². The maximum atomic E-state index is 12.7. The fourth-order valence-electron chi connectivity index (χ4n) is 2.87. The van der Waals surface area contributed by atoms with Crippen molar-refractivity contribution in [3.05, 3.63) is 59.7 Å². The molecular weight excluding hydrogens is 322 g/mol. The summed E-state index contributed by atoms with van der Waals surface area (Å²) >= 11 is 1.48. The second kappa shape index (κ2) is 7.09. The first-order valence-electron chi connectivity index (χ1n) is 7.85. The topological polar surface area (TPSA) is 46.6 Å². The van der Waals surface area contributed by atoms with E-state index in [1.165, 1.54) is 11.8 Å². The van der Waals surface area contributed by atoms with E-state index in [0.717, 1.165) is 22.6 Å². The molecule has 0 spiro atoms. The normalized spacial score (nSPS) is 14.2. The Morgan fingerprint density at radius 3 is 2.62 bits per heavy atom. The van der Waals surface area contributed by atoms with Gasteiger partial charge in [0, 0.05) is 17.1 Å². The molecule has 3 rings (SSSR count). The minimum absolute atomic E-state index is 0.185. The maximum absolute atomic E-state index is 12.7. The molecule has 2 aromatic carbocycles. The first-order chi connectivity index (χ1) is 11.6. The van der Waals surface area contributed by atoms with Crippen LogP contribution < -0.4 is 4.90 Å². The molecule has 1 amide bonds. The summed E-state index contributed by atoms with van der Waals surface area (Å²) in [5.74, 6) is -0.650. The number of amides is 1. The number of benzene rings is 2. The lowest BCUT2D eigenvalue weighted by molar-refractivity contribution is -0.126. The maximum Gasteiger partial charge on any atom is 0.340 e. The van der Waals surface area contributed by atoms with Gasteiger partial charge in [-0.15, -0.1) is 11.8 Å². The third-order valence-corrected chi connectivity index (χ3v) is 4.91. The molecule has 1 atom stereocenters. The molecule has 0 fully saturated rings. The second-order valence-electron chi connectivity index (χ2n) is 5.62. The summed E-state index contributed by atoms with van der Waals surface area (Å²) in [6.45, 7) is 2.25. The quantitative estimate of drug-likeness (QED) is 0.630. The molecule has 0 aromatic heterocycles. The average molecular weight is 341 g/mol. The van der Waals surface area contributed by atoms with Gasteiger partial charge in [-0.1, -0.05) is 30.3 Å². The number of carbonyl (C=O) groups excluding carboxylic acids is 2. The molecule has 0 saturated carbocycles. The highest BCUT2D eigenvalue weighted by atomic mass is 32.2. The van der Waals surface area contributed by atoms with E-state index in [9.17, 15) is 9.59 Å². The molecule has 0 N–H and O–H groups in total. The zero-order valence-electron chi connectivity index (χ0n) is 13.7. The number of hydrogen-bond acceptors (Lipinski definition) is 4. The molecule has 1 aliphatic heterocycles. The number of carbonyl (C=O) groups is 2. The van der Waals surface area contributed by atoms with Crippen LogP contribution in [0.3, 0.4) is 0 Å². The van der Waals surface area contributed by atoms with Crippen LogP contribution >= 0.6 is 11.8 Å². The molecule has 0 unspecified atom stereocenters. The summed E-state index contributed by atoms with van der Waals surface area (Å²) in [4.78, 5) is 27.6. The molecule has 5 heteroatoms. The summed E-state index contributed by atoms with van der Waals surface area (Å²) < 4.78 is 5.42. The lowest BCUT2D eigenvalue weighted by Crippen LogP contribution is -2.39. The van der Waals surface area contributed by atoms with Gasteiger partial charge in [0.2, 0.25) is 0 Å². The number of hydrogen-bond donors (Lipinski definition) is 0. The largest absolute Gasteiger partial charge is 0.449 e. The average Bonchev–Trinajstić information content (AvgIpc) is 3.04. The van der Waals surface area contributed by atoms with Crippen molar-refractivity contribution in [3.8, 4) is 0 Å². The molecule has 124 valence electrons. The lowest BCUT2D eigenvalue weighted by atomic mass is 10.2. The van der Waals surface area contributed by atoms with E-state index in [1.807, 2.05) is 42.7 Å². The highest BCUT2D eigenvalue weighted by Crippen LogP contribution is 2.28. The van der Waals surface area contributed by atoms with Crippen molar-refractivity contribution in [2.24, 2.45) is 0 Å². The highest BCUT2D eigenvalue weighted by Gasteiger charge is 2.30. The van der Waals surface area contributed by atoms with Gasteiger partial charge in [-0.3, -0.25) is 4.79 Å². The Labute approximate surface area is 145 Å². The van der Waals surface area contributed by atoms with E-state index in [1.54, 1.807) is 24.0 Å². The summed E-state index contributed by atoms with van der Waals surface area (Å²) in [7, 11) is 0. The van der Waals surface area contributed by atoms with Crippen LogP contribution in [0.25, 0.3) is 0 Å². The third-order valence-electron chi connectivity index (χ3n) is 4.11. The molecule has 0 bridgehead atoms. The summed E-state index contributed by atoms with van der Waals surface area (Å²) in [5, 5.41) is 0. The number of fused-ring (bicyclic) bond motifs is 1.